The summed E-state index contributed by atoms with van der Waals surface area (Å²) in [6.07, 6.45) is -2.84. The third kappa shape index (κ3) is 1.49. The van der Waals surface area contributed by atoms with Crippen LogP contribution in [-0.4, -0.2) is 61.3 Å². The van der Waals surface area contributed by atoms with Gasteiger partial charge in [0.2, 0.25) is 0 Å². The maximum atomic E-state index is 10.1. The second kappa shape index (κ2) is 3.38. The number of ether oxygens (including phenoxy) is 1. The van der Waals surface area contributed by atoms with E-state index in [-0.39, 0.29) is 0 Å². The topological polar surface area (TPSA) is 110 Å². The molecule has 5 N–H and O–H groups in total. The van der Waals surface area contributed by atoms with Gasteiger partial charge in [-0.25, -0.2) is 0 Å². The Kier molecular flexibility index (Phi) is 2.89. The molecule has 90 valence electrons. The lowest BCUT2D eigenvalue weighted by atomic mass is 9.68. The second-order valence-corrected chi connectivity index (χ2v) is 4.53. The molecule has 0 radical (unpaired) electrons. The molecule has 1 aliphatic heterocycles. The van der Waals surface area contributed by atoms with Gasteiger partial charge in [-0.3, -0.25) is 0 Å². The van der Waals surface area contributed by atoms with Gasteiger partial charge in [0, 0.05) is 0 Å². The van der Waals surface area contributed by atoms with Crippen LogP contribution in [0.4, 0.5) is 0 Å². The van der Waals surface area contributed by atoms with Gasteiger partial charge in [-0.1, -0.05) is 0 Å². The van der Waals surface area contributed by atoms with Crippen LogP contribution in [0, 0.1) is 0 Å². The van der Waals surface area contributed by atoms with Gasteiger partial charge >= 0.3 is 0 Å². The predicted molar refractivity (Wildman–Crippen MR) is 49.8 cm³/mol. The van der Waals surface area contributed by atoms with E-state index in [0.29, 0.717) is 0 Å². The highest BCUT2D eigenvalue weighted by Crippen LogP contribution is 2.43. The summed E-state index contributed by atoms with van der Waals surface area (Å²) in [5.74, 6) is 0. The zero-order chi connectivity index (χ0) is 12.1. The molecular weight excluding hydrogens is 204 g/mol. The molecule has 0 saturated carbocycles. The molecule has 0 aliphatic carbocycles. The fourth-order valence-corrected chi connectivity index (χ4v) is 1.71. The number of aliphatic hydroxyl groups is 5. The van der Waals surface area contributed by atoms with Gasteiger partial charge in [0.05, 0.1) is 6.61 Å². The van der Waals surface area contributed by atoms with Crippen LogP contribution >= 0.6 is 0 Å². The van der Waals surface area contributed by atoms with Gasteiger partial charge < -0.3 is 30.3 Å². The molecule has 0 unspecified atom stereocenters. The molecule has 0 aromatic rings. The number of aliphatic hydroxyl groups excluding tert-OH is 2. The van der Waals surface area contributed by atoms with Gasteiger partial charge in [0.1, 0.15) is 22.9 Å². The molecule has 5 atom stereocenters. The first-order valence-electron chi connectivity index (χ1n) is 4.70. The van der Waals surface area contributed by atoms with E-state index in [1.807, 2.05) is 0 Å². The molecule has 1 fully saturated rings. The minimum absolute atomic E-state index is 0.573. The van der Waals surface area contributed by atoms with Gasteiger partial charge in [-0.2, -0.15) is 0 Å². The second-order valence-electron chi connectivity index (χ2n) is 4.53. The van der Waals surface area contributed by atoms with Crippen LogP contribution in [0.1, 0.15) is 20.8 Å². The monoisotopic (exact) mass is 222 g/mol. The van der Waals surface area contributed by atoms with Crippen molar-refractivity contribution in [3.63, 3.8) is 0 Å². The van der Waals surface area contributed by atoms with E-state index >= 15 is 0 Å². The van der Waals surface area contributed by atoms with E-state index in [4.69, 9.17) is 9.84 Å². The number of rotatable bonds is 1. The minimum atomic E-state index is -2.03. The Balaban J connectivity index is 3.16. The molecule has 0 bridgehead atoms. The standard InChI is InChI=1S/C9H18O6/c1-7(12)5(4-10)15-6(11)8(2,13)9(7,3)14/h5-6,10-14H,4H2,1-3H3/t5-,6+,7+,8+,9+/m1/s1. The smallest absolute Gasteiger partial charge is 0.187 e. The Morgan fingerprint density at radius 3 is 1.93 bits per heavy atom. The van der Waals surface area contributed by atoms with Crippen molar-refractivity contribution >= 4 is 0 Å². The molecule has 0 amide bonds. The van der Waals surface area contributed by atoms with Gasteiger partial charge in [-0.05, 0) is 20.8 Å². The molecule has 6 nitrogen and oxygen atoms in total. The maximum Gasteiger partial charge on any atom is 0.187 e. The highest BCUT2D eigenvalue weighted by molar-refractivity contribution is 5.13. The van der Waals surface area contributed by atoms with E-state index in [1.165, 1.54) is 13.8 Å². The third-order valence-electron chi connectivity index (χ3n) is 3.54. The lowest BCUT2D eigenvalue weighted by Gasteiger charge is -2.56. The van der Waals surface area contributed by atoms with Crippen LogP contribution in [0.2, 0.25) is 0 Å². The van der Waals surface area contributed by atoms with Gasteiger partial charge in [0.15, 0.2) is 6.29 Å². The van der Waals surface area contributed by atoms with E-state index in [2.05, 4.69) is 0 Å². The summed E-state index contributed by atoms with van der Waals surface area (Å²) in [5.41, 5.74) is -5.91. The average molecular weight is 222 g/mol. The first-order chi connectivity index (χ1) is 6.59. The van der Waals surface area contributed by atoms with Gasteiger partial charge in [-0.15, -0.1) is 0 Å². The fraction of sp³-hybridized carbons (Fsp3) is 1.00. The van der Waals surface area contributed by atoms with E-state index in [1.54, 1.807) is 0 Å². The van der Waals surface area contributed by atoms with Crippen LogP contribution in [0.5, 0.6) is 0 Å². The molecular formula is C9H18O6. The summed E-state index contributed by atoms with van der Waals surface area (Å²) in [6.45, 7) is 2.99. The normalized spacial score (nSPS) is 56.8. The first kappa shape index (κ1) is 12.8. The van der Waals surface area contributed by atoms with Crippen molar-refractivity contribution in [1.82, 2.24) is 0 Å². The van der Waals surface area contributed by atoms with E-state index in [9.17, 15) is 20.4 Å². The number of hydrogen-bond acceptors (Lipinski definition) is 6. The van der Waals surface area contributed by atoms with E-state index < -0.39 is 35.8 Å². The molecule has 1 aliphatic rings. The molecule has 0 aromatic heterocycles. The highest BCUT2D eigenvalue weighted by Gasteiger charge is 2.65. The minimum Gasteiger partial charge on any atom is -0.394 e. The van der Waals surface area contributed by atoms with Gasteiger partial charge in [0.25, 0.3) is 0 Å². The SMILES string of the molecule is C[C@@]1(O)[C@@](C)(O)[C@@H](O)O[C@H](CO)[C@]1(C)O. The van der Waals surface area contributed by atoms with Crippen LogP contribution in [0.15, 0.2) is 0 Å². The molecule has 0 spiro atoms. The van der Waals surface area contributed by atoms with Crippen molar-refractivity contribution in [2.45, 2.75) is 50.0 Å². The third-order valence-corrected chi connectivity index (χ3v) is 3.54. The van der Waals surface area contributed by atoms with Crippen molar-refractivity contribution < 1.29 is 30.3 Å². The van der Waals surface area contributed by atoms with Crippen LogP contribution < -0.4 is 0 Å². The van der Waals surface area contributed by atoms with Crippen LogP contribution in [0.3, 0.4) is 0 Å². The Bertz CT molecular complexity index is 247. The molecule has 6 heteroatoms. The predicted octanol–water partition coefficient (Wildman–Crippen LogP) is -2.05. The Hall–Kier alpha value is -0.240. The van der Waals surface area contributed by atoms with Crippen LogP contribution in [-0.2, 0) is 4.74 Å². The lowest BCUT2D eigenvalue weighted by molar-refractivity contribution is -0.382. The average Bonchev–Trinajstić information content (AvgIpc) is 2.10. The number of hydrogen-bond donors (Lipinski definition) is 5. The zero-order valence-corrected chi connectivity index (χ0v) is 9.01. The lowest BCUT2D eigenvalue weighted by Crippen LogP contribution is -2.77. The maximum absolute atomic E-state index is 10.1. The Morgan fingerprint density at radius 2 is 1.53 bits per heavy atom. The molecule has 0 aromatic carbocycles. The summed E-state index contributed by atoms with van der Waals surface area (Å²) < 4.78 is 4.85. The molecule has 1 rings (SSSR count). The summed E-state index contributed by atoms with van der Waals surface area (Å²) in [6, 6.07) is 0. The summed E-state index contributed by atoms with van der Waals surface area (Å²) in [5, 5.41) is 48.3. The van der Waals surface area contributed by atoms with Crippen molar-refractivity contribution in [2.24, 2.45) is 0 Å². The highest BCUT2D eigenvalue weighted by atomic mass is 16.6. The first-order valence-corrected chi connectivity index (χ1v) is 4.70. The Labute approximate surface area is 87.7 Å². The van der Waals surface area contributed by atoms with Crippen molar-refractivity contribution in [1.29, 1.82) is 0 Å². The fourth-order valence-electron chi connectivity index (χ4n) is 1.71. The Morgan fingerprint density at radius 1 is 1.07 bits per heavy atom. The van der Waals surface area contributed by atoms with Crippen molar-refractivity contribution in [3.05, 3.63) is 0 Å². The molecule has 1 saturated heterocycles. The molecule has 1 heterocycles. The zero-order valence-electron chi connectivity index (χ0n) is 9.01. The van der Waals surface area contributed by atoms with Crippen molar-refractivity contribution in [2.75, 3.05) is 6.61 Å². The summed E-state index contributed by atoms with van der Waals surface area (Å²) in [7, 11) is 0. The van der Waals surface area contributed by atoms with Crippen molar-refractivity contribution in [3.8, 4) is 0 Å². The molecule has 15 heavy (non-hydrogen) atoms. The quantitative estimate of drug-likeness (QED) is 0.349. The van der Waals surface area contributed by atoms with Crippen LogP contribution in [0.25, 0.3) is 0 Å². The summed E-state index contributed by atoms with van der Waals surface area (Å²) >= 11 is 0. The summed E-state index contributed by atoms with van der Waals surface area (Å²) in [4.78, 5) is 0. The van der Waals surface area contributed by atoms with E-state index in [0.717, 1.165) is 6.92 Å². The largest absolute Gasteiger partial charge is 0.394 e.